The lowest BCUT2D eigenvalue weighted by Crippen LogP contribution is -2.07. The first-order valence-electron chi connectivity index (χ1n) is 14.1. The second kappa shape index (κ2) is 10.7. The van der Waals surface area contributed by atoms with Gasteiger partial charge < -0.3 is 13.7 Å². The monoisotopic (exact) mass is 522 g/mol. The quantitative estimate of drug-likeness (QED) is 0.173. The first-order chi connectivity index (χ1) is 19.1. The standard InChI is InChI=1S/C33H34N2O4/c1-3-4-10-30(37)22-11-13-27-29(17-22)35-18-24(33-28(19-36)34-20-39-33)15-23-16-25(38-2)12-14-26(23)32(35)31(27)21-8-6-5-7-9-21/h11-17,19-21H,3-10,18H2,1-2H3. The Labute approximate surface area is 228 Å². The summed E-state index contributed by atoms with van der Waals surface area (Å²) in [7, 11) is 1.67. The first kappa shape index (κ1) is 25.4. The number of ether oxygens (including phenoxy) is 1. The number of methoxy groups -OCH3 is 1. The number of hydrogen-bond donors (Lipinski definition) is 0. The zero-order valence-electron chi connectivity index (χ0n) is 22.7. The molecule has 2 aliphatic rings. The highest BCUT2D eigenvalue weighted by molar-refractivity contribution is 6.03. The van der Waals surface area contributed by atoms with Crippen LogP contribution in [0, 0.1) is 0 Å². The van der Waals surface area contributed by atoms with Gasteiger partial charge in [-0.3, -0.25) is 9.59 Å². The van der Waals surface area contributed by atoms with Gasteiger partial charge in [0.15, 0.2) is 24.2 Å². The summed E-state index contributed by atoms with van der Waals surface area (Å²) in [5, 5.41) is 1.21. The molecule has 1 saturated carbocycles. The third-order valence-corrected chi connectivity index (χ3v) is 8.37. The molecule has 3 heterocycles. The molecule has 6 heteroatoms. The summed E-state index contributed by atoms with van der Waals surface area (Å²) in [6.45, 7) is 2.61. The molecule has 0 amide bonds. The summed E-state index contributed by atoms with van der Waals surface area (Å²) in [5.74, 6) is 1.88. The van der Waals surface area contributed by atoms with Gasteiger partial charge in [0.1, 0.15) is 11.4 Å². The maximum absolute atomic E-state index is 13.1. The average Bonchev–Trinajstić information content (AvgIpc) is 3.54. The zero-order chi connectivity index (χ0) is 26.9. The molecule has 0 unspecified atom stereocenters. The normalized spacial score (nSPS) is 15.4. The van der Waals surface area contributed by atoms with E-state index < -0.39 is 0 Å². The minimum Gasteiger partial charge on any atom is -0.497 e. The van der Waals surface area contributed by atoms with Crippen LogP contribution in [0.4, 0.5) is 0 Å². The molecule has 1 aliphatic heterocycles. The zero-order valence-corrected chi connectivity index (χ0v) is 22.7. The van der Waals surface area contributed by atoms with Gasteiger partial charge in [-0.1, -0.05) is 44.7 Å². The molecule has 0 spiro atoms. The van der Waals surface area contributed by atoms with Crippen LogP contribution in [0.2, 0.25) is 0 Å². The van der Waals surface area contributed by atoms with Crippen LogP contribution in [0.25, 0.3) is 33.8 Å². The minimum atomic E-state index is 0.182. The maximum atomic E-state index is 13.1. The average molecular weight is 523 g/mol. The van der Waals surface area contributed by atoms with Gasteiger partial charge in [-0.2, -0.15) is 0 Å². The SMILES string of the molecule is CCCCC(=O)c1ccc2c(C3CCCCC3)c3n(c2c1)CC(c1ocnc1C=O)=Cc1cc(OC)ccc1-3. The van der Waals surface area contributed by atoms with E-state index in [1.807, 2.05) is 18.2 Å². The fraction of sp³-hybridized carbons (Fsp3) is 0.364. The lowest BCUT2D eigenvalue weighted by molar-refractivity contribution is 0.0979. The van der Waals surface area contributed by atoms with E-state index in [9.17, 15) is 9.59 Å². The second-order valence-electron chi connectivity index (χ2n) is 10.7. The lowest BCUT2D eigenvalue weighted by Gasteiger charge is -2.24. The van der Waals surface area contributed by atoms with Crippen molar-refractivity contribution in [3.8, 4) is 17.0 Å². The summed E-state index contributed by atoms with van der Waals surface area (Å²) in [4.78, 5) is 29.1. The van der Waals surface area contributed by atoms with E-state index in [2.05, 4.69) is 40.7 Å². The maximum Gasteiger partial charge on any atom is 0.182 e. The number of ketones is 1. The molecule has 0 saturated heterocycles. The third-order valence-electron chi connectivity index (χ3n) is 8.37. The van der Waals surface area contributed by atoms with Crippen molar-refractivity contribution >= 4 is 34.6 Å². The number of carbonyl (C=O) groups is 2. The summed E-state index contributed by atoms with van der Waals surface area (Å²) < 4.78 is 13.7. The molecule has 0 atom stereocenters. The smallest absolute Gasteiger partial charge is 0.182 e. The van der Waals surface area contributed by atoms with E-state index in [1.165, 1.54) is 42.3 Å². The van der Waals surface area contributed by atoms with Gasteiger partial charge >= 0.3 is 0 Å². The number of hydrogen-bond acceptors (Lipinski definition) is 5. The van der Waals surface area contributed by atoms with E-state index in [-0.39, 0.29) is 11.5 Å². The third kappa shape index (κ3) is 4.52. The molecule has 4 aromatic rings. The van der Waals surface area contributed by atoms with Crippen molar-refractivity contribution in [3.05, 3.63) is 70.9 Å². The van der Waals surface area contributed by atoms with Crippen LogP contribution in [0.3, 0.4) is 0 Å². The van der Waals surface area contributed by atoms with Gasteiger partial charge in [0.05, 0.1) is 19.3 Å². The number of unbranched alkanes of at least 4 members (excludes halogenated alkanes) is 1. The van der Waals surface area contributed by atoms with Crippen molar-refractivity contribution in [2.45, 2.75) is 70.8 Å². The van der Waals surface area contributed by atoms with E-state index in [4.69, 9.17) is 9.15 Å². The molecule has 6 rings (SSSR count). The van der Waals surface area contributed by atoms with Crippen molar-refractivity contribution < 1.29 is 18.7 Å². The highest BCUT2D eigenvalue weighted by Gasteiger charge is 2.30. The Morgan fingerprint density at radius 1 is 1.15 bits per heavy atom. The Kier molecular flexibility index (Phi) is 6.94. The van der Waals surface area contributed by atoms with Crippen molar-refractivity contribution in [1.82, 2.24) is 9.55 Å². The number of oxazole rings is 1. The number of carbonyl (C=O) groups excluding carboxylic acids is 2. The molecule has 1 fully saturated rings. The summed E-state index contributed by atoms with van der Waals surface area (Å²) in [6.07, 6.45) is 12.6. The van der Waals surface area contributed by atoms with E-state index in [0.717, 1.165) is 65.5 Å². The number of fused-ring (bicyclic) bond motifs is 5. The molecule has 2 aromatic carbocycles. The number of aldehydes is 1. The Bertz CT molecular complexity index is 1580. The predicted molar refractivity (Wildman–Crippen MR) is 153 cm³/mol. The number of rotatable bonds is 8. The highest BCUT2D eigenvalue weighted by atomic mass is 16.5. The molecule has 6 nitrogen and oxygen atoms in total. The second-order valence-corrected chi connectivity index (χ2v) is 10.7. The van der Waals surface area contributed by atoms with Crippen LogP contribution in [-0.2, 0) is 6.54 Å². The Hall–Kier alpha value is -3.93. The van der Waals surface area contributed by atoms with Gasteiger partial charge in [0.2, 0.25) is 0 Å². The Balaban J connectivity index is 1.64. The number of benzene rings is 2. The van der Waals surface area contributed by atoms with Crippen LogP contribution in [0.1, 0.15) is 102 Å². The fourth-order valence-electron chi connectivity index (χ4n) is 6.41. The topological polar surface area (TPSA) is 74.3 Å². The molecule has 0 radical (unpaired) electrons. The molecule has 39 heavy (non-hydrogen) atoms. The fourth-order valence-corrected chi connectivity index (χ4v) is 6.41. The molecular weight excluding hydrogens is 488 g/mol. The van der Waals surface area contributed by atoms with Crippen LogP contribution < -0.4 is 4.74 Å². The van der Waals surface area contributed by atoms with Crippen LogP contribution in [0.15, 0.2) is 47.2 Å². The molecule has 200 valence electrons. The van der Waals surface area contributed by atoms with Crippen molar-refractivity contribution in [2.24, 2.45) is 0 Å². The van der Waals surface area contributed by atoms with Gasteiger partial charge in [-0.25, -0.2) is 4.98 Å². The van der Waals surface area contributed by atoms with Gasteiger partial charge in [0.25, 0.3) is 0 Å². The largest absolute Gasteiger partial charge is 0.497 e. The molecule has 0 N–H and O–H groups in total. The lowest BCUT2D eigenvalue weighted by atomic mass is 9.81. The Morgan fingerprint density at radius 2 is 2.00 bits per heavy atom. The van der Waals surface area contributed by atoms with E-state index in [1.54, 1.807) is 7.11 Å². The van der Waals surface area contributed by atoms with Gasteiger partial charge in [0, 0.05) is 34.0 Å². The predicted octanol–water partition coefficient (Wildman–Crippen LogP) is 8.09. The summed E-state index contributed by atoms with van der Waals surface area (Å²) in [6, 6.07) is 12.5. The molecule has 0 bridgehead atoms. The van der Waals surface area contributed by atoms with E-state index >= 15 is 0 Å². The minimum absolute atomic E-state index is 0.182. The van der Waals surface area contributed by atoms with Crippen LogP contribution in [-0.4, -0.2) is 28.7 Å². The van der Waals surface area contributed by atoms with E-state index in [0.29, 0.717) is 24.6 Å². The molecule has 2 aromatic heterocycles. The van der Waals surface area contributed by atoms with Gasteiger partial charge in [-0.15, -0.1) is 0 Å². The summed E-state index contributed by atoms with van der Waals surface area (Å²) >= 11 is 0. The van der Waals surface area contributed by atoms with Crippen LogP contribution in [0.5, 0.6) is 5.75 Å². The van der Waals surface area contributed by atoms with Crippen molar-refractivity contribution in [1.29, 1.82) is 0 Å². The Morgan fingerprint density at radius 3 is 2.77 bits per heavy atom. The molecule has 1 aliphatic carbocycles. The number of nitrogens with zero attached hydrogens (tertiary/aromatic N) is 2. The van der Waals surface area contributed by atoms with Crippen molar-refractivity contribution in [3.63, 3.8) is 0 Å². The molecular formula is C33H34N2O4. The van der Waals surface area contributed by atoms with Crippen LogP contribution >= 0.6 is 0 Å². The number of allylic oxidation sites excluding steroid dienone is 1. The number of aromatic nitrogens is 2. The van der Waals surface area contributed by atoms with Crippen molar-refractivity contribution in [2.75, 3.05) is 7.11 Å². The van der Waals surface area contributed by atoms with Gasteiger partial charge in [-0.05, 0) is 66.6 Å². The first-order valence-corrected chi connectivity index (χ1v) is 14.1. The number of Topliss-reactive ketones (excluding diaryl/α,β-unsaturated/α-hetero) is 1. The highest BCUT2D eigenvalue weighted by Crippen LogP contribution is 2.47. The summed E-state index contributed by atoms with van der Waals surface area (Å²) in [5.41, 5.74) is 7.63.